The summed E-state index contributed by atoms with van der Waals surface area (Å²) in [5, 5.41) is 1.58. The van der Waals surface area contributed by atoms with Crippen molar-refractivity contribution < 1.29 is 9.59 Å². The number of thiophene rings is 1. The first kappa shape index (κ1) is 7.94. The van der Waals surface area contributed by atoms with Crippen LogP contribution in [0.25, 0.3) is 0 Å². The highest BCUT2D eigenvalue weighted by atomic mass is 32.1. The van der Waals surface area contributed by atoms with Gasteiger partial charge in [0.15, 0.2) is 5.78 Å². The Hall–Kier alpha value is -1.16. The minimum absolute atomic E-state index is 0.0394. The van der Waals surface area contributed by atoms with E-state index in [9.17, 15) is 9.59 Å². The standard InChI is InChI=1S/C7H7NO2S/c1-4(9)6-2-5(3-11-6)7(8)10/h2-3H,1H3,(H2,8,10). The first-order valence-corrected chi connectivity index (χ1v) is 3.88. The monoisotopic (exact) mass is 169 g/mol. The fraction of sp³-hybridized carbons (Fsp3) is 0.143. The van der Waals surface area contributed by atoms with E-state index in [1.54, 1.807) is 5.38 Å². The van der Waals surface area contributed by atoms with E-state index < -0.39 is 5.91 Å². The topological polar surface area (TPSA) is 60.2 Å². The maximum Gasteiger partial charge on any atom is 0.249 e. The van der Waals surface area contributed by atoms with Crippen LogP contribution in [-0.2, 0) is 0 Å². The van der Waals surface area contributed by atoms with Crippen LogP contribution in [0.15, 0.2) is 11.4 Å². The van der Waals surface area contributed by atoms with E-state index in [0.717, 1.165) is 0 Å². The van der Waals surface area contributed by atoms with E-state index in [-0.39, 0.29) is 5.78 Å². The normalized spacial score (nSPS) is 9.55. The van der Waals surface area contributed by atoms with Crippen molar-refractivity contribution in [2.75, 3.05) is 0 Å². The zero-order valence-corrected chi connectivity index (χ0v) is 6.77. The van der Waals surface area contributed by atoms with Crippen LogP contribution in [0.3, 0.4) is 0 Å². The third-order valence-corrected chi connectivity index (χ3v) is 2.26. The molecule has 4 heteroatoms. The van der Waals surface area contributed by atoms with Crippen molar-refractivity contribution in [2.24, 2.45) is 5.73 Å². The van der Waals surface area contributed by atoms with Crippen molar-refractivity contribution in [2.45, 2.75) is 6.92 Å². The van der Waals surface area contributed by atoms with Gasteiger partial charge in [-0.2, -0.15) is 0 Å². The lowest BCUT2D eigenvalue weighted by atomic mass is 10.2. The molecule has 0 aromatic carbocycles. The molecule has 1 rings (SSSR count). The van der Waals surface area contributed by atoms with Crippen LogP contribution in [0, 0.1) is 0 Å². The highest BCUT2D eigenvalue weighted by Crippen LogP contribution is 2.14. The van der Waals surface area contributed by atoms with Gasteiger partial charge in [0, 0.05) is 5.38 Å². The molecule has 0 aliphatic heterocycles. The number of hydrogen-bond acceptors (Lipinski definition) is 3. The summed E-state index contributed by atoms with van der Waals surface area (Å²) in [4.78, 5) is 21.9. The molecule has 0 aliphatic rings. The van der Waals surface area contributed by atoms with Gasteiger partial charge in [0.2, 0.25) is 5.91 Å². The number of primary amides is 1. The molecule has 58 valence electrons. The Morgan fingerprint density at radius 2 is 2.18 bits per heavy atom. The summed E-state index contributed by atoms with van der Waals surface area (Å²) in [6.45, 7) is 1.45. The van der Waals surface area contributed by atoms with Crippen LogP contribution in [0.2, 0.25) is 0 Å². The average molecular weight is 169 g/mol. The Labute approximate surface area is 67.8 Å². The van der Waals surface area contributed by atoms with E-state index in [1.807, 2.05) is 0 Å². The molecule has 0 aliphatic carbocycles. The number of rotatable bonds is 2. The van der Waals surface area contributed by atoms with Crippen LogP contribution in [0.4, 0.5) is 0 Å². The van der Waals surface area contributed by atoms with Gasteiger partial charge in [0.25, 0.3) is 0 Å². The fourth-order valence-corrected chi connectivity index (χ4v) is 1.45. The summed E-state index contributed by atoms with van der Waals surface area (Å²) in [6, 6.07) is 1.51. The number of amides is 1. The molecule has 2 N–H and O–H groups in total. The molecule has 0 unspecified atom stereocenters. The summed E-state index contributed by atoms with van der Waals surface area (Å²) < 4.78 is 0. The number of Topliss-reactive ketones (excluding diaryl/α,β-unsaturated/α-hetero) is 1. The first-order valence-electron chi connectivity index (χ1n) is 3.00. The van der Waals surface area contributed by atoms with Gasteiger partial charge in [-0.3, -0.25) is 9.59 Å². The van der Waals surface area contributed by atoms with E-state index >= 15 is 0 Å². The molecular formula is C7H7NO2S. The molecule has 1 aromatic rings. The maximum absolute atomic E-state index is 10.7. The number of hydrogen-bond donors (Lipinski definition) is 1. The average Bonchev–Trinajstić information content (AvgIpc) is 2.33. The second-order valence-corrected chi connectivity index (χ2v) is 3.03. The van der Waals surface area contributed by atoms with E-state index in [1.165, 1.54) is 24.3 Å². The Morgan fingerprint density at radius 3 is 2.45 bits per heavy atom. The lowest BCUT2D eigenvalue weighted by Crippen LogP contribution is -2.09. The zero-order chi connectivity index (χ0) is 8.43. The number of ketones is 1. The van der Waals surface area contributed by atoms with E-state index in [4.69, 9.17) is 5.73 Å². The van der Waals surface area contributed by atoms with Gasteiger partial charge in [-0.05, 0) is 13.0 Å². The number of carbonyl (C=O) groups excluding carboxylic acids is 2. The molecule has 1 aromatic heterocycles. The Kier molecular flexibility index (Phi) is 2.05. The van der Waals surface area contributed by atoms with Gasteiger partial charge in [-0.25, -0.2) is 0 Å². The molecule has 0 bridgehead atoms. The van der Waals surface area contributed by atoms with Crippen molar-refractivity contribution in [3.8, 4) is 0 Å². The van der Waals surface area contributed by atoms with E-state index in [2.05, 4.69) is 0 Å². The molecule has 0 spiro atoms. The molecule has 0 saturated heterocycles. The third kappa shape index (κ3) is 1.65. The summed E-state index contributed by atoms with van der Waals surface area (Å²) in [7, 11) is 0. The van der Waals surface area contributed by atoms with E-state index in [0.29, 0.717) is 10.4 Å². The lowest BCUT2D eigenvalue weighted by Gasteiger charge is -1.83. The van der Waals surface area contributed by atoms with Crippen molar-refractivity contribution >= 4 is 23.0 Å². The Bertz CT molecular complexity index is 275. The highest BCUT2D eigenvalue weighted by Gasteiger charge is 2.06. The first-order chi connectivity index (χ1) is 5.11. The van der Waals surface area contributed by atoms with Crippen molar-refractivity contribution in [3.63, 3.8) is 0 Å². The van der Waals surface area contributed by atoms with Crippen molar-refractivity contribution in [3.05, 3.63) is 21.9 Å². The SMILES string of the molecule is CC(=O)c1cc(C(N)=O)cs1. The molecule has 1 amide bonds. The van der Waals surface area contributed by atoms with Crippen molar-refractivity contribution in [1.82, 2.24) is 0 Å². The summed E-state index contributed by atoms with van der Waals surface area (Å²) >= 11 is 1.24. The second-order valence-electron chi connectivity index (χ2n) is 2.12. The quantitative estimate of drug-likeness (QED) is 0.672. The minimum atomic E-state index is -0.492. The Morgan fingerprint density at radius 1 is 1.55 bits per heavy atom. The molecule has 1 heterocycles. The molecule has 0 fully saturated rings. The molecule has 0 saturated carbocycles. The molecule has 0 atom stereocenters. The smallest absolute Gasteiger partial charge is 0.249 e. The third-order valence-electron chi connectivity index (χ3n) is 1.23. The molecule has 0 radical (unpaired) electrons. The number of carbonyl (C=O) groups is 2. The molecular weight excluding hydrogens is 162 g/mol. The van der Waals surface area contributed by atoms with Crippen LogP contribution in [-0.4, -0.2) is 11.7 Å². The van der Waals surface area contributed by atoms with Crippen LogP contribution >= 0.6 is 11.3 Å². The van der Waals surface area contributed by atoms with Crippen LogP contribution in [0.1, 0.15) is 27.0 Å². The van der Waals surface area contributed by atoms with Gasteiger partial charge in [-0.15, -0.1) is 11.3 Å². The van der Waals surface area contributed by atoms with Gasteiger partial charge >= 0.3 is 0 Å². The van der Waals surface area contributed by atoms with Crippen LogP contribution in [0.5, 0.6) is 0 Å². The fourth-order valence-electron chi connectivity index (χ4n) is 0.650. The zero-order valence-electron chi connectivity index (χ0n) is 5.96. The van der Waals surface area contributed by atoms with Gasteiger partial charge in [0.1, 0.15) is 0 Å². The van der Waals surface area contributed by atoms with Crippen LogP contribution < -0.4 is 5.73 Å². The predicted molar refractivity (Wildman–Crippen MR) is 42.8 cm³/mol. The molecule has 3 nitrogen and oxygen atoms in total. The largest absolute Gasteiger partial charge is 0.366 e. The predicted octanol–water partition coefficient (Wildman–Crippen LogP) is 1.05. The lowest BCUT2D eigenvalue weighted by molar-refractivity contribution is 0.1000. The second kappa shape index (κ2) is 2.84. The highest BCUT2D eigenvalue weighted by molar-refractivity contribution is 7.12. The maximum atomic E-state index is 10.7. The summed E-state index contributed by atoms with van der Waals surface area (Å²) in [6.07, 6.45) is 0. The minimum Gasteiger partial charge on any atom is -0.366 e. The van der Waals surface area contributed by atoms with Gasteiger partial charge < -0.3 is 5.73 Å². The van der Waals surface area contributed by atoms with Crippen molar-refractivity contribution in [1.29, 1.82) is 0 Å². The summed E-state index contributed by atoms with van der Waals surface area (Å²) in [5.41, 5.74) is 5.39. The van der Waals surface area contributed by atoms with Gasteiger partial charge in [0.05, 0.1) is 10.4 Å². The summed E-state index contributed by atoms with van der Waals surface area (Å²) in [5.74, 6) is -0.531. The van der Waals surface area contributed by atoms with Gasteiger partial charge in [-0.1, -0.05) is 0 Å². The Balaban J connectivity index is 2.99. The molecule has 11 heavy (non-hydrogen) atoms. The number of nitrogens with two attached hydrogens (primary N) is 1.